The molecule has 5 nitrogen and oxygen atoms in total. The predicted molar refractivity (Wildman–Crippen MR) is 67.6 cm³/mol. The summed E-state index contributed by atoms with van der Waals surface area (Å²) in [6, 6.07) is 8.80. The standard InChI is InChI=1S/C13H18N2O3/c1-10(17)15-12(7-8-16)13(18)14-9-11-5-3-2-4-6-11/h2-6,12,16H,7-9H2,1H3,(H,14,18)(H,15,17)/t12-/m1/s1. The van der Waals surface area contributed by atoms with Crippen molar-refractivity contribution in [2.75, 3.05) is 6.61 Å². The van der Waals surface area contributed by atoms with Gasteiger partial charge in [-0.1, -0.05) is 30.3 Å². The summed E-state index contributed by atoms with van der Waals surface area (Å²) < 4.78 is 0. The largest absolute Gasteiger partial charge is 0.396 e. The third-order valence-corrected chi connectivity index (χ3v) is 2.42. The zero-order valence-corrected chi connectivity index (χ0v) is 10.3. The first-order valence-corrected chi connectivity index (χ1v) is 5.83. The summed E-state index contributed by atoms with van der Waals surface area (Å²) in [4.78, 5) is 22.7. The van der Waals surface area contributed by atoms with Gasteiger partial charge in [0.25, 0.3) is 0 Å². The maximum absolute atomic E-state index is 11.8. The first kappa shape index (κ1) is 14.2. The van der Waals surface area contributed by atoms with Gasteiger partial charge in [0.1, 0.15) is 6.04 Å². The molecule has 3 N–H and O–H groups in total. The molecule has 2 amide bonds. The normalized spacial score (nSPS) is 11.7. The lowest BCUT2D eigenvalue weighted by Crippen LogP contribution is -2.46. The smallest absolute Gasteiger partial charge is 0.242 e. The fourth-order valence-corrected chi connectivity index (χ4v) is 1.55. The molecule has 0 saturated heterocycles. The van der Waals surface area contributed by atoms with Crippen LogP contribution in [0.25, 0.3) is 0 Å². The van der Waals surface area contributed by atoms with Crippen LogP contribution in [0.1, 0.15) is 18.9 Å². The summed E-state index contributed by atoms with van der Waals surface area (Å²) >= 11 is 0. The number of benzene rings is 1. The highest BCUT2D eigenvalue weighted by atomic mass is 16.3. The van der Waals surface area contributed by atoms with Gasteiger partial charge in [-0.15, -0.1) is 0 Å². The van der Waals surface area contributed by atoms with Crippen molar-refractivity contribution in [1.82, 2.24) is 10.6 Å². The number of nitrogens with one attached hydrogen (secondary N) is 2. The molecule has 0 radical (unpaired) electrons. The average Bonchev–Trinajstić information content (AvgIpc) is 2.36. The van der Waals surface area contributed by atoms with Crippen LogP contribution in [0, 0.1) is 0 Å². The van der Waals surface area contributed by atoms with Crippen LogP contribution in [0.15, 0.2) is 30.3 Å². The molecule has 0 aliphatic carbocycles. The Balaban J connectivity index is 2.48. The van der Waals surface area contributed by atoms with Crippen molar-refractivity contribution in [1.29, 1.82) is 0 Å². The Morgan fingerprint density at radius 3 is 2.50 bits per heavy atom. The van der Waals surface area contributed by atoms with Crippen LogP contribution in [-0.4, -0.2) is 29.6 Å². The highest BCUT2D eigenvalue weighted by Crippen LogP contribution is 1.98. The molecule has 0 saturated carbocycles. The van der Waals surface area contributed by atoms with Crippen molar-refractivity contribution in [3.8, 4) is 0 Å². The average molecular weight is 250 g/mol. The molecule has 1 atom stereocenters. The summed E-state index contributed by atoms with van der Waals surface area (Å²) in [7, 11) is 0. The SMILES string of the molecule is CC(=O)N[C@H](CCO)C(=O)NCc1ccccc1. The van der Waals surface area contributed by atoms with Gasteiger partial charge in [0.2, 0.25) is 11.8 Å². The number of hydrogen-bond acceptors (Lipinski definition) is 3. The number of rotatable bonds is 6. The molecule has 5 heteroatoms. The lowest BCUT2D eigenvalue weighted by molar-refractivity contribution is -0.128. The number of hydrogen-bond donors (Lipinski definition) is 3. The maximum Gasteiger partial charge on any atom is 0.242 e. The van der Waals surface area contributed by atoms with E-state index in [1.807, 2.05) is 30.3 Å². The van der Waals surface area contributed by atoms with Gasteiger partial charge >= 0.3 is 0 Å². The van der Waals surface area contributed by atoms with Gasteiger partial charge in [-0.3, -0.25) is 9.59 Å². The van der Waals surface area contributed by atoms with E-state index in [0.29, 0.717) is 6.54 Å². The van der Waals surface area contributed by atoms with Crippen molar-refractivity contribution >= 4 is 11.8 Å². The van der Waals surface area contributed by atoms with Gasteiger partial charge in [-0.25, -0.2) is 0 Å². The van der Waals surface area contributed by atoms with Crippen molar-refractivity contribution in [2.24, 2.45) is 0 Å². The summed E-state index contributed by atoms with van der Waals surface area (Å²) in [5.74, 6) is -0.577. The molecule has 98 valence electrons. The number of amides is 2. The van der Waals surface area contributed by atoms with Crippen LogP contribution >= 0.6 is 0 Å². The zero-order valence-electron chi connectivity index (χ0n) is 10.3. The van der Waals surface area contributed by atoms with Gasteiger partial charge in [-0.05, 0) is 12.0 Å². The highest BCUT2D eigenvalue weighted by molar-refractivity contribution is 5.86. The predicted octanol–water partition coefficient (Wildman–Crippen LogP) is 0.190. The van der Waals surface area contributed by atoms with Crippen LogP contribution < -0.4 is 10.6 Å². The second kappa shape index (κ2) is 7.45. The van der Waals surface area contributed by atoms with Gasteiger partial charge in [0.05, 0.1) is 0 Å². The van der Waals surface area contributed by atoms with E-state index >= 15 is 0 Å². The molecule has 0 bridgehead atoms. The number of aliphatic hydroxyl groups excluding tert-OH is 1. The van der Waals surface area contributed by atoms with E-state index in [9.17, 15) is 9.59 Å². The lowest BCUT2D eigenvalue weighted by atomic mass is 10.2. The van der Waals surface area contributed by atoms with Gasteiger partial charge in [-0.2, -0.15) is 0 Å². The second-order valence-corrected chi connectivity index (χ2v) is 3.97. The Hall–Kier alpha value is -1.88. The molecule has 0 fully saturated rings. The molecule has 18 heavy (non-hydrogen) atoms. The van der Waals surface area contributed by atoms with E-state index < -0.39 is 6.04 Å². The van der Waals surface area contributed by atoms with Crippen molar-refractivity contribution in [3.63, 3.8) is 0 Å². The van der Waals surface area contributed by atoms with E-state index in [-0.39, 0.29) is 24.8 Å². The Morgan fingerprint density at radius 2 is 1.94 bits per heavy atom. The molecule has 1 aromatic rings. The molecule has 1 rings (SSSR count). The van der Waals surface area contributed by atoms with E-state index in [4.69, 9.17) is 5.11 Å². The topological polar surface area (TPSA) is 78.4 Å². The molecule has 0 aromatic heterocycles. The van der Waals surface area contributed by atoms with Gasteiger partial charge < -0.3 is 15.7 Å². The Labute approximate surface area is 106 Å². The molecule has 0 spiro atoms. The zero-order chi connectivity index (χ0) is 13.4. The van der Waals surface area contributed by atoms with Gasteiger partial charge in [0, 0.05) is 20.1 Å². The second-order valence-electron chi connectivity index (χ2n) is 3.97. The van der Waals surface area contributed by atoms with E-state index in [2.05, 4.69) is 10.6 Å². The Kier molecular flexibility index (Phi) is 5.87. The first-order valence-electron chi connectivity index (χ1n) is 5.83. The third-order valence-electron chi connectivity index (χ3n) is 2.42. The number of carbonyl (C=O) groups excluding carboxylic acids is 2. The minimum atomic E-state index is -0.684. The van der Waals surface area contributed by atoms with Crippen LogP contribution in [0.4, 0.5) is 0 Å². The summed E-state index contributed by atoms with van der Waals surface area (Å²) in [6.07, 6.45) is 0.209. The molecule has 0 aliphatic heterocycles. The molecule has 0 heterocycles. The summed E-state index contributed by atoms with van der Waals surface area (Å²) in [6.45, 7) is 1.60. The highest BCUT2D eigenvalue weighted by Gasteiger charge is 2.18. The van der Waals surface area contributed by atoms with Crippen LogP contribution in [0.5, 0.6) is 0 Å². The van der Waals surface area contributed by atoms with Crippen LogP contribution in [-0.2, 0) is 16.1 Å². The van der Waals surface area contributed by atoms with E-state index in [0.717, 1.165) is 5.56 Å². The quantitative estimate of drug-likeness (QED) is 0.674. The van der Waals surface area contributed by atoms with E-state index in [1.165, 1.54) is 6.92 Å². The van der Waals surface area contributed by atoms with Crippen LogP contribution in [0.2, 0.25) is 0 Å². The number of carbonyl (C=O) groups is 2. The molecular weight excluding hydrogens is 232 g/mol. The lowest BCUT2D eigenvalue weighted by Gasteiger charge is -2.16. The Morgan fingerprint density at radius 1 is 1.28 bits per heavy atom. The number of aliphatic hydroxyl groups is 1. The van der Waals surface area contributed by atoms with E-state index in [1.54, 1.807) is 0 Å². The molecular formula is C13H18N2O3. The monoisotopic (exact) mass is 250 g/mol. The van der Waals surface area contributed by atoms with Crippen molar-refractivity contribution < 1.29 is 14.7 Å². The minimum absolute atomic E-state index is 0.149. The Bertz CT molecular complexity index is 392. The summed E-state index contributed by atoms with van der Waals surface area (Å²) in [5, 5.41) is 14.1. The fourth-order valence-electron chi connectivity index (χ4n) is 1.55. The van der Waals surface area contributed by atoms with Crippen molar-refractivity contribution in [2.45, 2.75) is 25.9 Å². The molecule has 0 unspecified atom stereocenters. The van der Waals surface area contributed by atoms with Crippen molar-refractivity contribution in [3.05, 3.63) is 35.9 Å². The minimum Gasteiger partial charge on any atom is -0.396 e. The maximum atomic E-state index is 11.8. The summed E-state index contributed by atoms with van der Waals surface area (Å²) in [5.41, 5.74) is 0.983. The van der Waals surface area contributed by atoms with Crippen LogP contribution in [0.3, 0.4) is 0 Å². The van der Waals surface area contributed by atoms with Gasteiger partial charge in [0.15, 0.2) is 0 Å². The third kappa shape index (κ3) is 4.97. The molecule has 1 aromatic carbocycles. The fraction of sp³-hybridized carbons (Fsp3) is 0.385. The first-order chi connectivity index (χ1) is 8.63. The molecule has 0 aliphatic rings.